The predicted molar refractivity (Wildman–Crippen MR) is 69.3 cm³/mol. The fraction of sp³-hybridized carbons (Fsp3) is 0.714. The van der Waals surface area contributed by atoms with E-state index in [9.17, 15) is 13.6 Å². The monoisotopic (exact) mass is 283 g/mol. The van der Waals surface area contributed by atoms with E-state index in [1.807, 2.05) is 0 Å². The van der Waals surface area contributed by atoms with Gasteiger partial charge in [-0.15, -0.1) is 0 Å². The number of likely N-dealkylation sites (tertiary alicyclic amines) is 1. The van der Waals surface area contributed by atoms with E-state index in [0.29, 0.717) is 13.0 Å². The molecule has 2 atom stereocenters. The first kappa shape index (κ1) is 13.5. The molecule has 1 aromatic rings. The smallest absolute Gasteiger partial charge is 0.250 e. The van der Waals surface area contributed by atoms with Crippen molar-refractivity contribution < 1.29 is 13.6 Å². The van der Waals surface area contributed by atoms with Crippen LogP contribution in [0.15, 0.2) is 12.3 Å². The third-order valence-corrected chi connectivity index (χ3v) is 4.53. The van der Waals surface area contributed by atoms with Crippen molar-refractivity contribution in [2.45, 2.75) is 50.5 Å². The summed E-state index contributed by atoms with van der Waals surface area (Å²) in [7, 11) is 0. The van der Waals surface area contributed by atoms with Crippen molar-refractivity contribution in [1.82, 2.24) is 15.1 Å². The molecule has 2 fully saturated rings. The molecule has 1 N–H and O–H groups in total. The van der Waals surface area contributed by atoms with Crippen LogP contribution in [-0.4, -0.2) is 39.5 Å². The number of aromatic amines is 1. The Bertz CT molecular complexity index is 475. The van der Waals surface area contributed by atoms with Crippen LogP contribution in [0.3, 0.4) is 0 Å². The van der Waals surface area contributed by atoms with Crippen molar-refractivity contribution in [2.24, 2.45) is 5.92 Å². The van der Waals surface area contributed by atoms with E-state index in [0.717, 1.165) is 18.5 Å². The van der Waals surface area contributed by atoms with Crippen molar-refractivity contribution in [3.8, 4) is 0 Å². The number of H-pyrrole nitrogens is 1. The maximum Gasteiger partial charge on any atom is 0.250 e. The maximum atomic E-state index is 13.6. The van der Waals surface area contributed by atoms with Gasteiger partial charge in [-0.3, -0.25) is 9.89 Å². The van der Waals surface area contributed by atoms with Crippen molar-refractivity contribution in [3.63, 3.8) is 0 Å². The number of fused-ring (bicyclic) bond motifs is 1. The summed E-state index contributed by atoms with van der Waals surface area (Å²) in [5, 5.41) is 6.56. The van der Waals surface area contributed by atoms with Crippen molar-refractivity contribution in [1.29, 1.82) is 0 Å². The first-order valence-corrected chi connectivity index (χ1v) is 7.21. The second-order valence-corrected chi connectivity index (χ2v) is 5.91. The molecule has 6 heteroatoms. The summed E-state index contributed by atoms with van der Waals surface area (Å²) >= 11 is 0. The lowest BCUT2D eigenvalue weighted by Gasteiger charge is -2.46. The number of carbonyl (C=O) groups excluding carboxylic acids is 1. The van der Waals surface area contributed by atoms with Gasteiger partial charge in [0.25, 0.3) is 0 Å². The van der Waals surface area contributed by atoms with Gasteiger partial charge in [0.05, 0.1) is 6.42 Å². The topological polar surface area (TPSA) is 49.0 Å². The molecule has 1 saturated carbocycles. The quantitative estimate of drug-likeness (QED) is 0.906. The van der Waals surface area contributed by atoms with E-state index in [2.05, 4.69) is 10.2 Å². The Morgan fingerprint density at radius 2 is 2.35 bits per heavy atom. The Morgan fingerprint density at radius 1 is 1.50 bits per heavy atom. The molecule has 1 amide bonds. The number of nitrogens with one attached hydrogen (secondary N) is 1. The molecule has 1 saturated heterocycles. The Kier molecular flexibility index (Phi) is 3.48. The minimum atomic E-state index is -2.62. The third-order valence-electron chi connectivity index (χ3n) is 4.53. The third kappa shape index (κ3) is 2.69. The van der Waals surface area contributed by atoms with Gasteiger partial charge in [-0.05, 0) is 31.2 Å². The molecule has 2 heterocycles. The molecule has 1 aliphatic carbocycles. The first-order chi connectivity index (χ1) is 9.55. The normalized spacial score (nSPS) is 29.0. The molecule has 4 nitrogen and oxygen atoms in total. The average molecular weight is 283 g/mol. The molecular weight excluding hydrogens is 264 g/mol. The van der Waals surface area contributed by atoms with Gasteiger partial charge >= 0.3 is 0 Å². The zero-order chi connectivity index (χ0) is 14.2. The summed E-state index contributed by atoms with van der Waals surface area (Å²) < 4.78 is 27.3. The number of alkyl halides is 2. The van der Waals surface area contributed by atoms with Crippen LogP contribution in [0, 0.1) is 5.92 Å². The summed E-state index contributed by atoms with van der Waals surface area (Å²) in [5.41, 5.74) is 0.736. The van der Waals surface area contributed by atoms with Crippen molar-refractivity contribution in [2.75, 3.05) is 6.54 Å². The molecule has 2 aliphatic rings. The zero-order valence-electron chi connectivity index (χ0n) is 11.3. The van der Waals surface area contributed by atoms with Crippen LogP contribution < -0.4 is 0 Å². The van der Waals surface area contributed by atoms with Crippen LogP contribution >= 0.6 is 0 Å². The van der Waals surface area contributed by atoms with E-state index >= 15 is 0 Å². The average Bonchev–Trinajstić information content (AvgIpc) is 2.89. The van der Waals surface area contributed by atoms with Crippen LogP contribution in [0.25, 0.3) is 0 Å². The molecule has 0 radical (unpaired) electrons. The molecule has 2 unspecified atom stereocenters. The molecule has 0 aromatic carbocycles. The summed E-state index contributed by atoms with van der Waals surface area (Å²) in [6.45, 7) is 0.601. The number of carbonyl (C=O) groups is 1. The summed E-state index contributed by atoms with van der Waals surface area (Å²) in [5.74, 6) is -2.44. The van der Waals surface area contributed by atoms with E-state index in [-0.39, 0.29) is 37.1 Å². The molecule has 20 heavy (non-hydrogen) atoms. The number of hydrogen-bond donors (Lipinski definition) is 1. The molecule has 0 bridgehead atoms. The largest absolute Gasteiger partial charge is 0.339 e. The van der Waals surface area contributed by atoms with Gasteiger partial charge in [0.15, 0.2) is 0 Å². The molecule has 1 aliphatic heterocycles. The van der Waals surface area contributed by atoms with Gasteiger partial charge in [-0.25, -0.2) is 8.78 Å². The molecule has 1 aromatic heterocycles. The van der Waals surface area contributed by atoms with E-state index in [1.54, 1.807) is 17.2 Å². The summed E-state index contributed by atoms with van der Waals surface area (Å²) in [6, 6.07) is 1.46. The van der Waals surface area contributed by atoms with Gasteiger partial charge in [0, 0.05) is 37.3 Å². The van der Waals surface area contributed by atoms with Crippen LogP contribution in [0.2, 0.25) is 0 Å². The van der Waals surface area contributed by atoms with Crippen LogP contribution in [0.1, 0.15) is 37.8 Å². The van der Waals surface area contributed by atoms with E-state index in [1.165, 1.54) is 0 Å². The number of amides is 1. The summed E-state index contributed by atoms with van der Waals surface area (Å²) in [6.07, 6.45) is 4.02. The second kappa shape index (κ2) is 5.14. The second-order valence-electron chi connectivity index (χ2n) is 5.91. The van der Waals surface area contributed by atoms with Crippen molar-refractivity contribution in [3.05, 3.63) is 18.0 Å². The first-order valence-electron chi connectivity index (χ1n) is 7.21. The minimum Gasteiger partial charge on any atom is -0.339 e. The Morgan fingerprint density at radius 3 is 3.10 bits per heavy atom. The highest BCUT2D eigenvalue weighted by Crippen LogP contribution is 2.42. The summed E-state index contributed by atoms with van der Waals surface area (Å²) in [4.78, 5) is 14.0. The number of rotatable bonds is 2. The Labute approximate surface area is 116 Å². The van der Waals surface area contributed by atoms with Gasteiger partial charge in [-0.2, -0.15) is 5.10 Å². The highest BCUT2D eigenvalue weighted by atomic mass is 19.3. The number of nitrogens with zero attached hydrogens (tertiary/aromatic N) is 2. The van der Waals surface area contributed by atoms with Crippen molar-refractivity contribution >= 4 is 5.91 Å². The SMILES string of the molecule is O=C(Cc1ccn[nH]1)N1CCCC2CCC(F)(F)CC21. The lowest BCUT2D eigenvalue weighted by molar-refractivity contribution is -0.144. The highest BCUT2D eigenvalue weighted by Gasteiger charge is 2.46. The number of aromatic nitrogens is 2. The molecule has 0 spiro atoms. The van der Waals surface area contributed by atoms with Gasteiger partial charge in [0.1, 0.15) is 0 Å². The van der Waals surface area contributed by atoms with Gasteiger partial charge in [-0.1, -0.05) is 0 Å². The predicted octanol–water partition coefficient (Wildman–Crippen LogP) is 2.38. The molecular formula is C14H19F2N3O. The number of piperidine rings is 1. The lowest BCUT2D eigenvalue weighted by Crippen LogP contribution is -2.53. The minimum absolute atomic E-state index is 0.0310. The lowest BCUT2D eigenvalue weighted by atomic mass is 9.76. The van der Waals surface area contributed by atoms with Gasteiger partial charge in [0.2, 0.25) is 11.8 Å². The maximum absolute atomic E-state index is 13.6. The number of hydrogen-bond acceptors (Lipinski definition) is 2. The fourth-order valence-corrected chi connectivity index (χ4v) is 3.51. The fourth-order valence-electron chi connectivity index (χ4n) is 3.51. The standard InChI is InChI=1S/C14H19F2N3O/c15-14(16)5-3-10-2-1-7-19(12(10)9-14)13(20)8-11-4-6-17-18-11/h4,6,10,12H,1-3,5,7-9H2,(H,17,18). The van der Waals surface area contributed by atoms with Crippen LogP contribution in [0.5, 0.6) is 0 Å². The van der Waals surface area contributed by atoms with Crippen LogP contribution in [-0.2, 0) is 11.2 Å². The highest BCUT2D eigenvalue weighted by molar-refractivity contribution is 5.78. The Balaban J connectivity index is 1.72. The van der Waals surface area contributed by atoms with Crippen LogP contribution in [0.4, 0.5) is 8.78 Å². The molecule has 3 rings (SSSR count). The van der Waals surface area contributed by atoms with E-state index in [4.69, 9.17) is 0 Å². The van der Waals surface area contributed by atoms with E-state index < -0.39 is 5.92 Å². The Hall–Kier alpha value is -1.46. The number of halogens is 2. The van der Waals surface area contributed by atoms with Gasteiger partial charge < -0.3 is 4.90 Å². The molecule has 110 valence electrons. The zero-order valence-corrected chi connectivity index (χ0v) is 11.3.